The van der Waals surface area contributed by atoms with Gasteiger partial charge in [-0.25, -0.2) is 0 Å². The quantitative estimate of drug-likeness (QED) is 0.112. The number of anilines is 1. The molecule has 44 heavy (non-hydrogen) atoms. The second-order valence-corrected chi connectivity index (χ2v) is 11.0. The summed E-state index contributed by atoms with van der Waals surface area (Å²) in [4.78, 5) is 13.0. The number of ether oxygens (including phenoxy) is 3. The summed E-state index contributed by atoms with van der Waals surface area (Å²) in [6.07, 6.45) is 1.51. The standard InChI is InChI=1S/C36H28BrClN2O4/c1-2-42-34-20-25(19-33(37)35(34)44-23-27-8-5-7-26-6-3-4-9-32(26)27)18-28(21-39)36(41)40-30-14-16-31(17-15-30)43-22-24-10-12-29(38)13-11-24/h3-20H,2,22-23H2,1H3,(H,40,41)/b28-18+. The van der Waals surface area contributed by atoms with Crippen LogP contribution < -0.4 is 19.5 Å². The lowest BCUT2D eigenvalue weighted by atomic mass is 10.1. The molecule has 0 aliphatic heterocycles. The first-order chi connectivity index (χ1) is 21.4. The summed E-state index contributed by atoms with van der Waals surface area (Å²) >= 11 is 9.53. The Bertz CT molecular complexity index is 1840. The van der Waals surface area contributed by atoms with Gasteiger partial charge in [0.1, 0.15) is 30.6 Å². The zero-order valence-corrected chi connectivity index (χ0v) is 26.2. The fourth-order valence-corrected chi connectivity index (χ4v) is 5.24. The number of hydrogen-bond donors (Lipinski definition) is 1. The molecule has 5 aromatic rings. The van der Waals surface area contributed by atoms with E-state index in [-0.39, 0.29) is 5.57 Å². The molecule has 0 aliphatic rings. The highest BCUT2D eigenvalue weighted by Crippen LogP contribution is 2.38. The Morgan fingerprint density at radius 2 is 1.66 bits per heavy atom. The molecule has 0 bridgehead atoms. The number of nitriles is 1. The summed E-state index contributed by atoms with van der Waals surface area (Å²) in [5.41, 5.74) is 3.11. The van der Waals surface area contributed by atoms with E-state index in [2.05, 4.69) is 39.4 Å². The van der Waals surface area contributed by atoms with Gasteiger partial charge in [-0.2, -0.15) is 5.26 Å². The summed E-state index contributed by atoms with van der Waals surface area (Å²) in [6.45, 7) is 3.02. The maximum absolute atomic E-state index is 13.0. The smallest absolute Gasteiger partial charge is 0.266 e. The number of carbonyl (C=O) groups is 1. The van der Waals surface area contributed by atoms with Crippen LogP contribution in [0.3, 0.4) is 0 Å². The van der Waals surface area contributed by atoms with E-state index in [0.29, 0.717) is 57.8 Å². The fourth-order valence-electron chi connectivity index (χ4n) is 4.54. The number of nitrogens with zero attached hydrogens (tertiary/aromatic N) is 1. The summed E-state index contributed by atoms with van der Waals surface area (Å²) < 4.78 is 18.6. The van der Waals surface area contributed by atoms with Crippen LogP contribution in [0.25, 0.3) is 16.8 Å². The third kappa shape index (κ3) is 7.78. The molecule has 5 rings (SSSR count). The van der Waals surface area contributed by atoms with Gasteiger partial charge in [0.15, 0.2) is 11.5 Å². The maximum Gasteiger partial charge on any atom is 0.266 e. The van der Waals surface area contributed by atoms with Crippen molar-refractivity contribution in [2.24, 2.45) is 0 Å². The topological polar surface area (TPSA) is 80.6 Å². The molecular formula is C36H28BrClN2O4. The normalized spacial score (nSPS) is 11.1. The van der Waals surface area contributed by atoms with Crippen LogP contribution >= 0.6 is 27.5 Å². The van der Waals surface area contributed by atoms with Gasteiger partial charge in [0, 0.05) is 10.7 Å². The van der Waals surface area contributed by atoms with Crippen LogP contribution in [0.1, 0.15) is 23.6 Å². The Labute approximate surface area is 269 Å². The van der Waals surface area contributed by atoms with Gasteiger partial charge in [0.2, 0.25) is 0 Å². The monoisotopic (exact) mass is 666 g/mol. The average molecular weight is 668 g/mol. The van der Waals surface area contributed by atoms with Crippen LogP contribution in [0.5, 0.6) is 17.2 Å². The molecule has 0 spiro atoms. The molecule has 1 N–H and O–H groups in total. The second-order valence-electron chi connectivity index (χ2n) is 9.75. The number of rotatable bonds is 11. The summed E-state index contributed by atoms with van der Waals surface area (Å²) in [6, 6.07) is 34.2. The minimum Gasteiger partial charge on any atom is -0.490 e. The Morgan fingerprint density at radius 3 is 2.41 bits per heavy atom. The third-order valence-corrected chi connectivity index (χ3v) is 7.53. The van der Waals surface area contributed by atoms with E-state index in [4.69, 9.17) is 25.8 Å². The first-order valence-electron chi connectivity index (χ1n) is 13.9. The van der Waals surface area contributed by atoms with Crippen molar-refractivity contribution in [1.82, 2.24) is 0 Å². The van der Waals surface area contributed by atoms with E-state index >= 15 is 0 Å². The first-order valence-corrected chi connectivity index (χ1v) is 15.1. The highest BCUT2D eigenvalue weighted by molar-refractivity contribution is 9.10. The molecule has 0 fully saturated rings. The minimum atomic E-state index is -0.535. The fraction of sp³-hybridized carbons (Fsp3) is 0.111. The zero-order valence-electron chi connectivity index (χ0n) is 23.8. The van der Waals surface area contributed by atoms with E-state index in [1.807, 2.05) is 61.5 Å². The van der Waals surface area contributed by atoms with Crippen molar-refractivity contribution in [1.29, 1.82) is 5.26 Å². The molecule has 0 aliphatic carbocycles. The average Bonchev–Trinajstić information content (AvgIpc) is 3.04. The second kappa shape index (κ2) is 14.6. The Balaban J connectivity index is 1.27. The molecule has 0 saturated heterocycles. The third-order valence-electron chi connectivity index (χ3n) is 6.69. The lowest BCUT2D eigenvalue weighted by Crippen LogP contribution is -2.13. The molecule has 5 aromatic carbocycles. The van der Waals surface area contributed by atoms with E-state index < -0.39 is 5.91 Å². The zero-order chi connectivity index (χ0) is 30.9. The molecular weight excluding hydrogens is 640 g/mol. The SMILES string of the molecule is CCOc1cc(/C=C(\C#N)C(=O)Nc2ccc(OCc3ccc(Cl)cc3)cc2)cc(Br)c1OCc1cccc2ccccc12. The van der Waals surface area contributed by atoms with E-state index in [1.165, 1.54) is 6.08 Å². The molecule has 220 valence electrons. The van der Waals surface area contributed by atoms with Gasteiger partial charge in [-0.15, -0.1) is 0 Å². The first kappa shape index (κ1) is 30.7. The van der Waals surface area contributed by atoms with Gasteiger partial charge in [0.25, 0.3) is 5.91 Å². The van der Waals surface area contributed by atoms with Crippen LogP contribution in [0.4, 0.5) is 5.69 Å². The maximum atomic E-state index is 13.0. The number of fused-ring (bicyclic) bond motifs is 1. The van der Waals surface area contributed by atoms with E-state index in [0.717, 1.165) is 21.9 Å². The van der Waals surface area contributed by atoms with Crippen molar-refractivity contribution in [3.8, 4) is 23.3 Å². The number of amides is 1. The largest absolute Gasteiger partial charge is 0.490 e. The van der Waals surface area contributed by atoms with Gasteiger partial charge in [-0.3, -0.25) is 4.79 Å². The van der Waals surface area contributed by atoms with Gasteiger partial charge in [-0.05, 0) is 105 Å². The Morgan fingerprint density at radius 1 is 0.909 bits per heavy atom. The molecule has 0 saturated carbocycles. The van der Waals surface area contributed by atoms with Crippen molar-refractivity contribution in [3.63, 3.8) is 0 Å². The molecule has 0 radical (unpaired) electrons. The number of nitrogens with one attached hydrogen (secondary N) is 1. The van der Waals surface area contributed by atoms with Crippen molar-refractivity contribution < 1.29 is 19.0 Å². The number of hydrogen-bond acceptors (Lipinski definition) is 5. The van der Waals surface area contributed by atoms with Crippen LogP contribution in [0.15, 0.2) is 113 Å². The van der Waals surface area contributed by atoms with Crippen LogP contribution in [-0.2, 0) is 18.0 Å². The summed E-state index contributed by atoms with van der Waals surface area (Å²) in [5, 5.41) is 15.5. The molecule has 6 nitrogen and oxygen atoms in total. The Hall–Kier alpha value is -4.77. The Kier molecular flexibility index (Phi) is 10.2. The van der Waals surface area contributed by atoms with Crippen molar-refractivity contribution in [2.75, 3.05) is 11.9 Å². The molecule has 0 heterocycles. The van der Waals surface area contributed by atoms with Crippen molar-refractivity contribution in [2.45, 2.75) is 20.1 Å². The minimum absolute atomic E-state index is 0.0631. The lowest BCUT2D eigenvalue weighted by Gasteiger charge is -2.16. The predicted octanol–water partition coefficient (Wildman–Crippen LogP) is 9.36. The number of benzene rings is 5. The summed E-state index contributed by atoms with van der Waals surface area (Å²) in [7, 11) is 0. The van der Waals surface area contributed by atoms with Gasteiger partial charge in [-0.1, -0.05) is 66.2 Å². The molecule has 0 unspecified atom stereocenters. The molecule has 0 aromatic heterocycles. The van der Waals surface area contributed by atoms with Gasteiger partial charge >= 0.3 is 0 Å². The van der Waals surface area contributed by atoms with E-state index in [9.17, 15) is 10.1 Å². The molecule has 1 amide bonds. The number of carbonyl (C=O) groups excluding carboxylic acids is 1. The van der Waals surface area contributed by atoms with Crippen molar-refractivity contribution in [3.05, 3.63) is 135 Å². The van der Waals surface area contributed by atoms with Crippen LogP contribution in [-0.4, -0.2) is 12.5 Å². The molecule has 8 heteroatoms. The van der Waals surface area contributed by atoms with E-state index in [1.54, 1.807) is 36.4 Å². The van der Waals surface area contributed by atoms with Crippen LogP contribution in [0.2, 0.25) is 5.02 Å². The van der Waals surface area contributed by atoms with Gasteiger partial charge < -0.3 is 19.5 Å². The van der Waals surface area contributed by atoms with Crippen molar-refractivity contribution >= 4 is 56.0 Å². The highest BCUT2D eigenvalue weighted by atomic mass is 79.9. The molecule has 0 atom stereocenters. The predicted molar refractivity (Wildman–Crippen MR) is 178 cm³/mol. The van der Waals surface area contributed by atoms with Crippen LogP contribution in [0, 0.1) is 11.3 Å². The number of halogens is 2. The highest BCUT2D eigenvalue weighted by Gasteiger charge is 2.15. The van der Waals surface area contributed by atoms with Gasteiger partial charge in [0.05, 0.1) is 11.1 Å². The lowest BCUT2D eigenvalue weighted by molar-refractivity contribution is -0.112. The summed E-state index contributed by atoms with van der Waals surface area (Å²) in [5.74, 6) is 1.15.